The fraction of sp³-hybridized carbons (Fsp3) is 0.176. The first kappa shape index (κ1) is 20.9. The molecule has 0 fully saturated rings. The van der Waals surface area contributed by atoms with Gasteiger partial charge in [0.2, 0.25) is 0 Å². The molecule has 0 bridgehead atoms. The Labute approximate surface area is 165 Å². The van der Waals surface area contributed by atoms with Crippen molar-refractivity contribution in [3.8, 4) is 0 Å². The summed E-state index contributed by atoms with van der Waals surface area (Å²) in [5.74, 6) is -3.09. The fourth-order valence-electron chi connectivity index (χ4n) is 2.31. The zero-order valence-corrected chi connectivity index (χ0v) is 16.1. The maximum atomic E-state index is 13.9. The largest absolute Gasteiger partial charge is 0.465 e. The lowest BCUT2D eigenvalue weighted by Gasteiger charge is -2.25. The van der Waals surface area contributed by atoms with Gasteiger partial charge in [-0.1, -0.05) is 6.08 Å². The van der Waals surface area contributed by atoms with Crippen LogP contribution in [0, 0.1) is 9.39 Å². The number of esters is 2. The summed E-state index contributed by atoms with van der Waals surface area (Å²) < 4.78 is 62.6. The summed E-state index contributed by atoms with van der Waals surface area (Å²) in [5, 5.41) is 0. The molecule has 0 radical (unpaired) electrons. The van der Waals surface area contributed by atoms with Gasteiger partial charge in [-0.2, -0.15) is 13.2 Å². The number of alkyl halides is 3. The van der Waals surface area contributed by atoms with E-state index < -0.39 is 35.2 Å². The lowest BCUT2D eigenvalue weighted by molar-refractivity contribution is -0.139. The molecule has 0 aromatic heterocycles. The second kappa shape index (κ2) is 8.11. The van der Waals surface area contributed by atoms with Gasteiger partial charge in [0.1, 0.15) is 11.5 Å². The van der Waals surface area contributed by atoms with Crippen LogP contribution in [0.25, 0.3) is 0 Å². The number of anilines is 1. The van der Waals surface area contributed by atoms with Crippen molar-refractivity contribution >= 4 is 40.2 Å². The van der Waals surface area contributed by atoms with Gasteiger partial charge in [0.15, 0.2) is 0 Å². The van der Waals surface area contributed by atoms with E-state index in [0.717, 1.165) is 25.2 Å². The number of ether oxygens (including phenoxy) is 2. The molecule has 1 heterocycles. The lowest BCUT2D eigenvalue weighted by atomic mass is 10.1. The van der Waals surface area contributed by atoms with Crippen LogP contribution in [0.3, 0.4) is 0 Å². The molecule has 27 heavy (non-hydrogen) atoms. The van der Waals surface area contributed by atoms with E-state index in [-0.39, 0.29) is 14.8 Å². The zero-order valence-electron chi connectivity index (χ0n) is 13.9. The van der Waals surface area contributed by atoms with Gasteiger partial charge >= 0.3 is 18.1 Å². The number of rotatable bonds is 3. The number of nitrogens with zero attached hydrogens (tertiary/aromatic N) is 1. The molecule has 0 atom stereocenters. The normalized spacial score (nSPS) is 14.3. The summed E-state index contributed by atoms with van der Waals surface area (Å²) >= 11 is 1.40. The van der Waals surface area contributed by atoms with Gasteiger partial charge in [0, 0.05) is 9.77 Å². The van der Waals surface area contributed by atoms with Crippen molar-refractivity contribution in [1.82, 2.24) is 0 Å². The fourth-order valence-corrected chi connectivity index (χ4v) is 3.18. The number of benzene rings is 1. The molecule has 1 aromatic carbocycles. The van der Waals surface area contributed by atoms with E-state index in [0.29, 0.717) is 6.07 Å². The minimum absolute atomic E-state index is 0.261. The quantitative estimate of drug-likeness (QED) is 0.360. The second-order valence-corrected chi connectivity index (χ2v) is 6.18. The van der Waals surface area contributed by atoms with Gasteiger partial charge in [-0.15, -0.1) is 0 Å². The molecule has 5 nitrogen and oxygen atoms in total. The summed E-state index contributed by atoms with van der Waals surface area (Å²) in [6.45, 7) is 0. The molecular formula is C17H12F4INO4. The van der Waals surface area contributed by atoms with Crippen molar-refractivity contribution in [2.45, 2.75) is 6.18 Å². The number of halogens is 5. The topological polar surface area (TPSA) is 55.8 Å². The number of hydrogen-bond acceptors (Lipinski definition) is 5. The first-order valence-electron chi connectivity index (χ1n) is 7.23. The summed E-state index contributed by atoms with van der Waals surface area (Å²) in [7, 11) is 2.12. The molecule has 144 valence electrons. The SMILES string of the molecule is COC(=O)C1=C(C(=O)OC)N(c2cc(F)cc(C(F)(F)F)c2I)C=CC=C1. The smallest absolute Gasteiger partial charge is 0.417 e. The van der Waals surface area contributed by atoms with E-state index in [1.807, 2.05) is 0 Å². The molecule has 2 rings (SSSR count). The van der Waals surface area contributed by atoms with Crippen LogP contribution < -0.4 is 4.90 Å². The van der Waals surface area contributed by atoms with Crippen LogP contribution in [0.2, 0.25) is 0 Å². The number of carbonyl (C=O) groups is 2. The van der Waals surface area contributed by atoms with Crippen molar-refractivity contribution in [2.75, 3.05) is 19.1 Å². The van der Waals surface area contributed by atoms with Crippen LogP contribution in [0.5, 0.6) is 0 Å². The minimum Gasteiger partial charge on any atom is -0.465 e. The molecular weight excluding hydrogens is 485 g/mol. The molecule has 0 saturated carbocycles. The highest BCUT2D eigenvalue weighted by atomic mass is 127. The first-order chi connectivity index (χ1) is 12.6. The standard InChI is InChI=1S/C17H12F4INO4/c1-26-15(24)10-5-3-4-6-23(14(10)16(25)27-2)12-8-9(18)7-11(13(12)22)17(19,20)21/h3-8H,1-2H3. The Morgan fingerprint density at radius 2 is 1.70 bits per heavy atom. The van der Waals surface area contributed by atoms with Gasteiger partial charge < -0.3 is 14.4 Å². The Bertz CT molecular complexity index is 874. The van der Waals surface area contributed by atoms with Gasteiger partial charge in [0.05, 0.1) is 31.0 Å². The number of carbonyl (C=O) groups excluding carboxylic acids is 2. The van der Waals surface area contributed by atoms with E-state index in [9.17, 15) is 27.2 Å². The van der Waals surface area contributed by atoms with Crippen molar-refractivity contribution < 1.29 is 36.6 Å². The van der Waals surface area contributed by atoms with Crippen molar-refractivity contribution in [2.24, 2.45) is 0 Å². The average Bonchev–Trinajstić information content (AvgIpc) is 2.83. The van der Waals surface area contributed by atoms with Crippen molar-refractivity contribution in [3.05, 3.63) is 62.8 Å². The molecule has 0 N–H and O–H groups in total. The molecule has 1 aliphatic rings. The Morgan fingerprint density at radius 1 is 1.07 bits per heavy atom. The lowest BCUT2D eigenvalue weighted by Crippen LogP contribution is -2.28. The molecule has 0 saturated heterocycles. The molecule has 0 aliphatic carbocycles. The van der Waals surface area contributed by atoms with Gasteiger partial charge in [-0.25, -0.2) is 14.0 Å². The second-order valence-electron chi connectivity index (χ2n) is 5.10. The van der Waals surface area contributed by atoms with Gasteiger partial charge in [0.25, 0.3) is 0 Å². The van der Waals surface area contributed by atoms with E-state index in [1.165, 1.54) is 47.0 Å². The average molecular weight is 497 g/mol. The highest BCUT2D eigenvalue weighted by Gasteiger charge is 2.37. The maximum Gasteiger partial charge on any atom is 0.417 e. The summed E-state index contributed by atoms with van der Waals surface area (Å²) in [4.78, 5) is 25.3. The van der Waals surface area contributed by atoms with Crippen LogP contribution >= 0.6 is 22.6 Å². The molecule has 10 heteroatoms. The predicted octanol–water partition coefficient (Wildman–Crippen LogP) is 3.94. The van der Waals surface area contributed by atoms with E-state index >= 15 is 0 Å². The minimum atomic E-state index is -4.82. The van der Waals surface area contributed by atoms with E-state index in [4.69, 9.17) is 0 Å². The molecule has 1 aromatic rings. The van der Waals surface area contributed by atoms with Crippen molar-refractivity contribution in [3.63, 3.8) is 0 Å². The van der Waals surface area contributed by atoms with Gasteiger partial charge in [-0.05, 0) is 46.9 Å². The molecule has 0 unspecified atom stereocenters. The maximum absolute atomic E-state index is 13.9. The third-order valence-electron chi connectivity index (χ3n) is 3.47. The number of methoxy groups -OCH3 is 2. The van der Waals surface area contributed by atoms with E-state index in [1.54, 1.807) is 0 Å². The molecule has 0 amide bonds. The first-order valence-corrected chi connectivity index (χ1v) is 8.31. The third kappa shape index (κ3) is 4.31. The van der Waals surface area contributed by atoms with Crippen molar-refractivity contribution in [1.29, 1.82) is 0 Å². The third-order valence-corrected chi connectivity index (χ3v) is 4.61. The molecule has 0 spiro atoms. The van der Waals surface area contributed by atoms with Crippen LogP contribution in [-0.2, 0) is 25.2 Å². The summed E-state index contributed by atoms with van der Waals surface area (Å²) in [6.07, 6.45) is 0.391. The number of allylic oxidation sites excluding steroid dienone is 2. The summed E-state index contributed by atoms with van der Waals surface area (Å²) in [5.41, 5.74) is -2.17. The zero-order chi connectivity index (χ0) is 20.4. The van der Waals surface area contributed by atoms with E-state index in [2.05, 4.69) is 9.47 Å². The predicted molar refractivity (Wildman–Crippen MR) is 95.9 cm³/mol. The Hall–Kier alpha value is -2.37. The van der Waals surface area contributed by atoms with Crippen LogP contribution in [0.4, 0.5) is 23.2 Å². The van der Waals surface area contributed by atoms with Crippen LogP contribution in [-0.4, -0.2) is 26.2 Å². The van der Waals surface area contributed by atoms with Gasteiger partial charge in [-0.3, -0.25) is 0 Å². The monoisotopic (exact) mass is 497 g/mol. The summed E-state index contributed by atoms with van der Waals surface area (Å²) in [6, 6.07) is 1.18. The molecule has 1 aliphatic heterocycles. The highest BCUT2D eigenvalue weighted by molar-refractivity contribution is 14.1. The van der Waals surface area contributed by atoms with Crippen LogP contribution in [0.15, 0.2) is 47.8 Å². The Kier molecular flexibility index (Phi) is 6.29. The number of hydrogen-bond donors (Lipinski definition) is 0. The highest BCUT2D eigenvalue weighted by Crippen LogP contribution is 2.39. The van der Waals surface area contributed by atoms with Crippen LogP contribution in [0.1, 0.15) is 5.56 Å². The Morgan fingerprint density at radius 3 is 2.26 bits per heavy atom. The Balaban J connectivity index is 2.81.